The van der Waals surface area contributed by atoms with Crippen molar-refractivity contribution in [1.82, 2.24) is 9.55 Å². The van der Waals surface area contributed by atoms with Gasteiger partial charge >= 0.3 is 0 Å². The van der Waals surface area contributed by atoms with E-state index in [0.29, 0.717) is 33.5 Å². The van der Waals surface area contributed by atoms with Crippen molar-refractivity contribution in [3.63, 3.8) is 0 Å². The number of para-hydroxylation sites is 3. The Bertz CT molecular complexity index is 1490. The molecule has 0 saturated heterocycles. The zero-order valence-corrected chi connectivity index (χ0v) is 17.9. The van der Waals surface area contributed by atoms with Crippen molar-refractivity contribution in [3.8, 4) is 0 Å². The Morgan fingerprint density at radius 3 is 2.50 bits per heavy atom. The first-order chi connectivity index (χ1) is 16.5. The Kier molecular flexibility index (Phi) is 5.35. The number of hydrogen-bond donors (Lipinski definition) is 2. The Balaban J connectivity index is 1.29. The molecule has 9 heteroatoms. The second-order valence-electron chi connectivity index (χ2n) is 7.78. The predicted octanol–water partition coefficient (Wildman–Crippen LogP) is 2.63. The number of carbonyl (C=O) groups excluding carboxylic acids is 3. The van der Waals surface area contributed by atoms with Gasteiger partial charge < -0.3 is 10.6 Å². The third-order valence-electron chi connectivity index (χ3n) is 5.48. The molecule has 34 heavy (non-hydrogen) atoms. The van der Waals surface area contributed by atoms with Crippen molar-refractivity contribution in [2.45, 2.75) is 6.54 Å². The van der Waals surface area contributed by atoms with Crippen molar-refractivity contribution in [2.75, 3.05) is 22.1 Å². The molecular formula is C25H19N5O4. The molecule has 9 nitrogen and oxygen atoms in total. The number of amides is 3. The highest BCUT2D eigenvalue weighted by molar-refractivity contribution is 6.15. The van der Waals surface area contributed by atoms with Gasteiger partial charge in [0, 0.05) is 11.3 Å². The Morgan fingerprint density at radius 1 is 0.941 bits per heavy atom. The van der Waals surface area contributed by atoms with Crippen LogP contribution >= 0.6 is 0 Å². The quantitative estimate of drug-likeness (QED) is 0.493. The molecule has 0 fully saturated rings. The van der Waals surface area contributed by atoms with Crippen LogP contribution in [0.4, 0.5) is 17.1 Å². The van der Waals surface area contributed by atoms with Crippen LogP contribution in [0.1, 0.15) is 10.4 Å². The van der Waals surface area contributed by atoms with Crippen molar-refractivity contribution >= 4 is 45.7 Å². The molecule has 0 atom stereocenters. The molecule has 4 aromatic rings. The molecule has 1 aliphatic rings. The minimum absolute atomic E-state index is 0.0805. The van der Waals surface area contributed by atoms with Gasteiger partial charge in [-0.2, -0.15) is 0 Å². The van der Waals surface area contributed by atoms with Crippen LogP contribution in [0.25, 0.3) is 10.9 Å². The van der Waals surface area contributed by atoms with E-state index >= 15 is 0 Å². The topological polar surface area (TPSA) is 113 Å². The molecule has 1 aromatic heterocycles. The van der Waals surface area contributed by atoms with Crippen molar-refractivity contribution in [1.29, 1.82) is 0 Å². The lowest BCUT2D eigenvalue weighted by atomic mass is 10.1. The average molecular weight is 453 g/mol. The lowest BCUT2D eigenvalue weighted by Crippen LogP contribution is -2.42. The molecule has 0 bridgehead atoms. The van der Waals surface area contributed by atoms with Gasteiger partial charge in [-0.15, -0.1) is 0 Å². The fourth-order valence-corrected chi connectivity index (χ4v) is 3.84. The van der Waals surface area contributed by atoms with E-state index in [1.807, 2.05) is 0 Å². The molecule has 0 spiro atoms. The molecule has 2 heterocycles. The van der Waals surface area contributed by atoms with Gasteiger partial charge in [0.1, 0.15) is 13.1 Å². The number of hydrogen-bond acceptors (Lipinski definition) is 5. The van der Waals surface area contributed by atoms with Gasteiger partial charge in [0.05, 0.1) is 28.6 Å². The predicted molar refractivity (Wildman–Crippen MR) is 128 cm³/mol. The first kappa shape index (κ1) is 21.1. The van der Waals surface area contributed by atoms with Gasteiger partial charge in [0.25, 0.3) is 11.5 Å². The minimum Gasteiger partial charge on any atom is -0.325 e. The summed E-state index contributed by atoms with van der Waals surface area (Å²) in [5, 5.41) is 5.91. The Labute approximate surface area is 193 Å². The first-order valence-electron chi connectivity index (χ1n) is 10.5. The van der Waals surface area contributed by atoms with E-state index in [4.69, 9.17) is 0 Å². The highest BCUT2D eigenvalue weighted by Crippen LogP contribution is 2.30. The number of fused-ring (bicyclic) bond motifs is 2. The molecule has 3 aromatic carbocycles. The summed E-state index contributed by atoms with van der Waals surface area (Å²) in [5.41, 5.74) is 2.32. The largest absolute Gasteiger partial charge is 0.325 e. The molecule has 0 unspecified atom stereocenters. The average Bonchev–Trinajstić information content (AvgIpc) is 2.85. The van der Waals surface area contributed by atoms with Gasteiger partial charge in [-0.1, -0.05) is 24.3 Å². The number of rotatable bonds is 4. The highest BCUT2D eigenvalue weighted by Gasteiger charge is 2.27. The lowest BCUT2D eigenvalue weighted by Gasteiger charge is -2.29. The summed E-state index contributed by atoms with van der Waals surface area (Å²) in [6.45, 7) is -0.278. The van der Waals surface area contributed by atoms with Crippen LogP contribution in [0.3, 0.4) is 0 Å². The molecule has 3 amide bonds. The minimum atomic E-state index is -0.403. The Hall–Kier alpha value is -4.79. The van der Waals surface area contributed by atoms with E-state index in [1.54, 1.807) is 72.8 Å². The summed E-state index contributed by atoms with van der Waals surface area (Å²) < 4.78 is 1.24. The standard InChI is InChI=1S/C25H19N5O4/c31-22(13-29-15-26-19-6-2-1-5-18(19)25(29)34)27-17-11-9-16(10-12-17)24(33)30-14-23(32)28-20-7-3-4-8-21(20)30/h1-12,15H,13-14H2,(H,27,31)(H,28,32). The smallest absolute Gasteiger partial charge is 0.261 e. The molecule has 168 valence electrons. The molecule has 5 rings (SSSR count). The maximum absolute atomic E-state index is 13.0. The first-order valence-corrected chi connectivity index (χ1v) is 10.5. The zero-order valence-electron chi connectivity index (χ0n) is 17.9. The second kappa shape index (κ2) is 8.62. The van der Waals surface area contributed by atoms with Crippen LogP contribution < -0.4 is 21.1 Å². The van der Waals surface area contributed by atoms with Gasteiger partial charge in [-0.3, -0.25) is 28.6 Å². The van der Waals surface area contributed by atoms with Crippen LogP contribution in [-0.4, -0.2) is 33.8 Å². The summed E-state index contributed by atoms with van der Waals surface area (Å²) in [6.07, 6.45) is 1.35. The van der Waals surface area contributed by atoms with Crippen LogP contribution in [0, 0.1) is 0 Å². The number of benzene rings is 3. The van der Waals surface area contributed by atoms with Crippen LogP contribution in [-0.2, 0) is 16.1 Å². The highest BCUT2D eigenvalue weighted by atomic mass is 16.2. The number of nitrogens with zero attached hydrogens (tertiary/aromatic N) is 3. The van der Waals surface area contributed by atoms with E-state index < -0.39 is 5.91 Å². The molecule has 0 saturated carbocycles. The zero-order chi connectivity index (χ0) is 23.7. The van der Waals surface area contributed by atoms with E-state index in [1.165, 1.54) is 15.8 Å². The molecular weight excluding hydrogens is 434 g/mol. The van der Waals surface area contributed by atoms with Crippen LogP contribution in [0.15, 0.2) is 83.9 Å². The summed E-state index contributed by atoms with van der Waals surface area (Å²) in [6, 6.07) is 20.4. The maximum atomic E-state index is 13.0. The molecule has 0 aliphatic carbocycles. The fourth-order valence-electron chi connectivity index (χ4n) is 3.84. The molecule has 1 aliphatic heterocycles. The third kappa shape index (κ3) is 4.02. The number of aromatic nitrogens is 2. The lowest BCUT2D eigenvalue weighted by molar-refractivity contribution is -0.117. The van der Waals surface area contributed by atoms with Gasteiger partial charge in [-0.05, 0) is 48.5 Å². The summed E-state index contributed by atoms with van der Waals surface area (Å²) in [4.78, 5) is 55.7. The van der Waals surface area contributed by atoms with Crippen LogP contribution in [0.2, 0.25) is 0 Å². The van der Waals surface area contributed by atoms with E-state index in [0.717, 1.165) is 0 Å². The fraction of sp³-hybridized carbons (Fsp3) is 0.0800. The SMILES string of the molecule is O=C(Cn1cnc2ccccc2c1=O)Nc1ccc(C(=O)N2CC(=O)Nc3ccccc32)cc1. The van der Waals surface area contributed by atoms with Crippen LogP contribution in [0.5, 0.6) is 0 Å². The normalized spacial score (nSPS) is 12.7. The summed E-state index contributed by atoms with van der Waals surface area (Å²) in [5.74, 6) is -0.997. The number of anilines is 3. The van der Waals surface area contributed by atoms with E-state index in [-0.39, 0.29) is 30.5 Å². The van der Waals surface area contributed by atoms with Gasteiger partial charge in [0.2, 0.25) is 11.8 Å². The molecule has 2 N–H and O–H groups in total. The third-order valence-corrected chi connectivity index (χ3v) is 5.48. The van der Waals surface area contributed by atoms with Crippen molar-refractivity contribution < 1.29 is 14.4 Å². The van der Waals surface area contributed by atoms with Crippen molar-refractivity contribution in [2.24, 2.45) is 0 Å². The monoisotopic (exact) mass is 453 g/mol. The van der Waals surface area contributed by atoms with Gasteiger partial charge in [-0.25, -0.2) is 4.98 Å². The van der Waals surface area contributed by atoms with E-state index in [9.17, 15) is 19.2 Å². The summed E-state index contributed by atoms with van der Waals surface area (Å²) >= 11 is 0. The van der Waals surface area contributed by atoms with Crippen molar-refractivity contribution in [3.05, 3.63) is 95.0 Å². The second-order valence-corrected chi connectivity index (χ2v) is 7.78. The van der Waals surface area contributed by atoms with Gasteiger partial charge in [0.15, 0.2) is 0 Å². The number of nitrogens with one attached hydrogen (secondary N) is 2. The number of carbonyl (C=O) groups is 3. The van der Waals surface area contributed by atoms with E-state index in [2.05, 4.69) is 15.6 Å². The summed E-state index contributed by atoms with van der Waals surface area (Å²) in [7, 11) is 0. The Morgan fingerprint density at radius 2 is 1.68 bits per heavy atom. The molecule has 0 radical (unpaired) electrons. The maximum Gasteiger partial charge on any atom is 0.261 e.